The molecule has 3 aromatic rings. The molecule has 0 aliphatic rings. The fourth-order valence-electron chi connectivity index (χ4n) is 1.83. The van der Waals surface area contributed by atoms with Crippen molar-refractivity contribution in [2.24, 2.45) is 0 Å². The molecule has 0 aliphatic carbocycles. The Morgan fingerprint density at radius 1 is 1.14 bits per heavy atom. The first kappa shape index (κ1) is 14.2. The third-order valence-corrected chi connectivity index (χ3v) is 3.82. The van der Waals surface area contributed by atoms with E-state index in [9.17, 15) is 4.79 Å². The average Bonchev–Trinajstić information content (AvgIpc) is 3.02. The van der Waals surface area contributed by atoms with E-state index in [0.717, 1.165) is 10.6 Å². The molecule has 0 aliphatic heterocycles. The van der Waals surface area contributed by atoms with Crippen LogP contribution < -0.4 is 10.9 Å². The lowest BCUT2D eigenvalue weighted by atomic mass is 10.2. The fraction of sp³-hybridized carbons (Fsp3) is 0.0625. The number of thiophene rings is 1. The summed E-state index contributed by atoms with van der Waals surface area (Å²) in [4.78, 5) is 15.7. The molecule has 0 unspecified atom stereocenters. The molecular formula is C16H14N4OS. The molecule has 22 heavy (non-hydrogen) atoms. The highest BCUT2D eigenvalue weighted by molar-refractivity contribution is 7.10. The Morgan fingerprint density at radius 2 is 1.95 bits per heavy atom. The van der Waals surface area contributed by atoms with E-state index < -0.39 is 0 Å². The maximum absolute atomic E-state index is 12.0. The lowest BCUT2D eigenvalue weighted by Crippen LogP contribution is -2.15. The van der Waals surface area contributed by atoms with Crippen molar-refractivity contribution < 1.29 is 0 Å². The Balaban J connectivity index is 1.77. The van der Waals surface area contributed by atoms with Crippen LogP contribution in [-0.2, 0) is 0 Å². The summed E-state index contributed by atoms with van der Waals surface area (Å²) >= 11 is 1.59. The highest BCUT2D eigenvalue weighted by Gasteiger charge is 2.02. The summed E-state index contributed by atoms with van der Waals surface area (Å²) in [6, 6.07) is 11.7. The summed E-state index contributed by atoms with van der Waals surface area (Å²) in [7, 11) is 0. The molecule has 2 N–H and O–H groups in total. The van der Waals surface area contributed by atoms with E-state index in [1.165, 1.54) is 5.56 Å². The molecule has 1 aromatic carbocycles. The van der Waals surface area contributed by atoms with E-state index in [4.69, 9.17) is 0 Å². The molecule has 0 amide bonds. The number of nitrogens with zero attached hydrogens (tertiary/aromatic N) is 2. The lowest BCUT2D eigenvalue weighted by Gasteiger charge is -2.04. The maximum atomic E-state index is 12.0. The van der Waals surface area contributed by atoms with E-state index in [1.54, 1.807) is 17.4 Å². The predicted octanol–water partition coefficient (Wildman–Crippen LogP) is 3.45. The van der Waals surface area contributed by atoms with Crippen molar-refractivity contribution in [1.82, 2.24) is 15.2 Å². The van der Waals surface area contributed by atoms with Crippen LogP contribution in [0.1, 0.15) is 16.1 Å². The first-order chi connectivity index (χ1) is 10.7. The van der Waals surface area contributed by atoms with Gasteiger partial charge >= 0.3 is 0 Å². The topological polar surface area (TPSA) is 70.7 Å². The average molecular weight is 310 g/mol. The highest BCUT2D eigenvalue weighted by atomic mass is 32.1. The zero-order valence-electron chi connectivity index (χ0n) is 11.9. The molecule has 0 radical (unpaired) electrons. The summed E-state index contributed by atoms with van der Waals surface area (Å²) in [5, 5.41) is 12.9. The summed E-state index contributed by atoms with van der Waals surface area (Å²) in [5.74, 6) is 0.321. The summed E-state index contributed by atoms with van der Waals surface area (Å²) < 4.78 is 0. The summed E-state index contributed by atoms with van der Waals surface area (Å²) in [5.41, 5.74) is 2.01. The Labute approximate surface area is 131 Å². The van der Waals surface area contributed by atoms with Gasteiger partial charge in [0.1, 0.15) is 0 Å². The molecule has 0 fully saturated rings. The number of nitrogens with one attached hydrogen (secondary N) is 2. The molecule has 0 saturated carbocycles. The third kappa shape index (κ3) is 3.48. The lowest BCUT2D eigenvalue weighted by molar-refractivity contribution is 0.941. The number of H-pyrrole nitrogens is 1. The quantitative estimate of drug-likeness (QED) is 0.774. The largest absolute Gasteiger partial charge is 0.324 e. The van der Waals surface area contributed by atoms with Gasteiger partial charge in [0.05, 0.1) is 0 Å². The van der Waals surface area contributed by atoms with Crippen LogP contribution >= 0.6 is 11.3 Å². The normalized spacial score (nSPS) is 11.0. The van der Waals surface area contributed by atoms with Gasteiger partial charge in [-0.1, -0.05) is 23.8 Å². The number of benzene rings is 1. The Morgan fingerprint density at radius 3 is 2.64 bits per heavy atom. The fourth-order valence-corrected chi connectivity index (χ4v) is 2.45. The number of hydrogen-bond acceptors (Lipinski definition) is 5. The van der Waals surface area contributed by atoms with Crippen LogP contribution in [0.4, 0.5) is 11.6 Å². The van der Waals surface area contributed by atoms with Crippen LogP contribution in [0.3, 0.4) is 0 Å². The first-order valence-electron chi connectivity index (χ1n) is 6.73. The first-order valence-corrected chi connectivity index (χ1v) is 7.61. The molecular weight excluding hydrogens is 296 g/mol. The molecule has 110 valence electrons. The number of rotatable bonds is 4. The SMILES string of the molecule is Cc1ccc(Nc2nnc(/C=C/c3cccs3)c(=O)[nH]2)cc1. The molecule has 0 spiro atoms. The van der Waals surface area contributed by atoms with E-state index in [-0.39, 0.29) is 11.3 Å². The second-order valence-electron chi connectivity index (χ2n) is 4.73. The number of aromatic nitrogens is 3. The highest BCUT2D eigenvalue weighted by Crippen LogP contribution is 2.13. The zero-order valence-corrected chi connectivity index (χ0v) is 12.7. The van der Waals surface area contributed by atoms with Crippen molar-refractivity contribution in [3.63, 3.8) is 0 Å². The standard InChI is InChI=1S/C16H14N4OS/c1-11-4-6-12(7-5-11)17-16-18-15(21)14(19-20-16)9-8-13-3-2-10-22-13/h2-10H,1H3,(H2,17,18,20,21)/b9-8+. The Bertz CT molecular complexity index is 835. The van der Waals surface area contributed by atoms with Crippen molar-refractivity contribution in [3.8, 4) is 0 Å². The van der Waals surface area contributed by atoms with Crippen molar-refractivity contribution in [1.29, 1.82) is 0 Å². The Kier molecular flexibility index (Phi) is 4.11. The Hall–Kier alpha value is -2.73. The van der Waals surface area contributed by atoms with Crippen LogP contribution in [-0.4, -0.2) is 15.2 Å². The molecule has 2 heterocycles. The van der Waals surface area contributed by atoms with Gasteiger partial charge in [-0.15, -0.1) is 21.5 Å². The minimum Gasteiger partial charge on any atom is -0.324 e. The number of aromatic amines is 1. The molecule has 0 atom stereocenters. The van der Waals surface area contributed by atoms with Gasteiger partial charge in [-0.3, -0.25) is 9.78 Å². The van der Waals surface area contributed by atoms with Gasteiger partial charge in [0, 0.05) is 10.6 Å². The second-order valence-corrected chi connectivity index (χ2v) is 5.71. The molecule has 3 rings (SSSR count). The molecule has 2 aromatic heterocycles. The van der Waals surface area contributed by atoms with Gasteiger partial charge in [0.25, 0.3) is 5.56 Å². The van der Waals surface area contributed by atoms with Gasteiger partial charge < -0.3 is 5.32 Å². The van der Waals surface area contributed by atoms with Crippen LogP contribution in [0, 0.1) is 6.92 Å². The van der Waals surface area contributed by atoms with Gasteiger partial charge in [-0.25, -0.2) is 0 Å². The van der Waals surface area contributed by atoms with Gasteiger partial charge in [0.2, 0.25) is 5.95 Å². The van der Waals surface area contributed by atoms with Crippen LogP contribution in [0.2, 0.25) is 0 Å². The smallest absolute Gasteiger partial charge is 0.278 e. The number of anilines is 2. The minimum atomic E-state index is -0.280. The molecule has 6 heteroatoms. The van der Waals surface area contributed by atoms with Crippen LogP contribution in [0.5, 0.6) is 0 Å². The molecule has 0 saturated heterocycles. The van der Waals surface area contributed by atoms with Crippen LogP contribution in [0.25, 0.3) is 12.2 Å². The molecule has 0 bridgehead atoms. The van der Waals surface area contributed by atoms with Crippen molar-refractivity contribution >= 4 is 35.1 Å². The van der Waals surface area contributed by atoms with E-state index in [2.05, 4.69) is 20.5 Å². The van der Waals surface area contributed by atoms with E-state index in [0.29, 0.717) is 5.95 Å². The molecule has 5 nitrogen and oxygen atoms in total. The number of aryl methyl sites for hydroxylation is 1. The number of hydrogen-bond donors (Lipinski definition) is 2. The van der Waals surface area contributed by atoms with Gasteiger partial charge in [0.15, 0.2) is 5.69 Å². The summed E-state index contributed by atoms with van der Waals surface area (Å²) in [6.07, 6.45) is 3.50. The maximum Gasteiger partial charge on any atom is 0.278 e. The minimum absolute atomic E-state index is 0.280. The second kappa shape index (κ2) is 6.36. The van der Waals surface area contributed by atoms with Gasteiger partial charge in [-0.05, 0) is 42.7 Å². The van der Waals surface area contributed by atoms with Gasteiger partial charge in [-0.2, -0.15) is 0 Å². The van der Waals surface area contributed by atoms with Crippen molar-refractivity contribution in [3.05, 3.63) is 68.3 Å². The van der Waals surface area contributed by atoms with Crippen molar-refractivity contribution in [2.75, 3.05) is 5.32 Å². The summed E-state index contributed by atoms with van der Waals surface area (Å²) in [6.45, 7) is 2.01. The predicted molar refractivity (Wildman–Crippen MR) is 90.4 cm³/mol. The van der Waals surface area contributed by atoms with E-state index >= 15 is 0 Å². The third-order valence-electron chi connectivity index (χ3n) is 2.99. The van der Waals surface area contributed by atoms with E-state index in [1.807, 2.05) is 54.8 Å². The van der Waals surface area contributed by atoms with Crippen LogP contribution in [0.15, 0.2) is 46.6 Å². The zero-order chi connectivity index (χ0) is 15.4. The monoisotopic (exact) mass is 310 g/mol. The van der Waals surface area contributed by atoms with Crippen molar-refractivity contribution in [2.45, 2.75) is 6.92 Å².